The average molecular weight is 476 g/mol. The second kappa shape index (κ2) is 9.53. The Morgan fingerprint density at radius 3 is 2.26 bits per heavy atom. The maximum atomic E-state index is 13.1. The second-order valence-electron chi connectivity index (χ2n) is 7.31. The zero-order valence-corrected chi connectivity index (χ0v) is 19.3. The summed E-state index contributed by atoms with van der Waals surface area (Å²) in [6.07, 6.45) is 1.67. The molecule has 1 aliphatic heterocycles. The largest absolute Gasteiger partial charge is 0.333 e. The molecule has 5 nitrogen and oxygen atoms in total. The number of carbonyl (C=O) groups is 1. The van der Waals surface area contributed by atoms with Crippen LogP contribution in [0.25, 0.3) is 22.4 Å². The highest BCUT2D eigenvalue weighted by molar-refractivity contribution is 6.36. The van der Waals surface area contributed by atoms with E-state index >= 15 is 0 Å². The Kier molecular flexibility index (Phi) is 6.77. The van der Waals surface area contributed by atoms with Gasteiger partial charge in [-0.05, 0) is 42.4 Å². The lowest BCUT2D eigenvalue weighted by atomic mass is 10.0. The van der Waals surface area contributed by atoms with Gasteiger partial charge in [0.1, 0.15) is 0 Å². The first-order valence-corrected chi connectivity index (χ1v) is 11.2. The molecule has 160 valence electrons. The first-order valence-electron chi connectivity index (χ1n) is 10.1. The van der Waals surface area contributed by atoms with E-state index in [9.17, 15) is 4.79 Å². The predicted octanol–water partition coefficient (Wildman–Crippen LogP) is 5.55. The molecule has 31 heavy (non-hydrogen) atoms. The maximum absolute atomic E-state index is 13.1. The molecule has 1 aromatic heterocycles. The number of hydrogen-bond acceptors (Lipinski definition) is 4. The molecule has 4 rings (SSSR count). The van der Waals surface area contributed by atoms with Crippen molar-refractivity contribution >= 4 is 40.7 Å². The minimum atomic E-state index is -0.176. The Balaban J connectivity index is 1.75. The van der Waals surface area contributed by atoms with Gasteiger partial charge < -0.3 is 9.80 Å². The van der Waals surface area contributed by atoms with E-state index in [0.717, 1.165) is 30.8 Å². The van der Waals surface area contributed by atoms with Crippen LogP contribution in [0.1, 0.15) is 17.5 Å². The zero-order chi connectivity index (χ0) is 22.0. The van der Waals surface area contributed by atoms with E-state index < -0.39 is 0 Å². The molecule has 2 aromatic carbocycles. The zero-order valence-electron chi connectivity index (χ0n) is 17.0. The number of hydrogen-bond donors (Lipinski definition) is 0. The summed E-state index contributed by atoms with van der Waals surface area (Å²) in [6.45, 7) is 6.12. The summed E-state index contributed by atoms with van der Waals surface area (Å²) < 4.78 is 0. The average Bonchev–Trinajstić information content (AvgIpc) is 2.79. The van der Waals surface area contributed by atoms with Crippen molar-refractivity contribution in [3.8, 4) is 22.4 Å². The van der Waals surface area contributed by atoms with Crippen LogP contribution in [0, 0.1) is 0 Å². The van der Waals surface area contributed by atoms with Gasteiger partial charge in [0.2, 0.25) is 5.82 Å². The number of aromatic nitrogens is 2. The Bertz CT molecular complexity index is 1100. The van der Waals surface area contributed by atoms with E-state index in [1.807, 2.05) is 12.1 Å². The summed E-state index contributed by atoms with van der Waals surface area (Å²) >= 11 is 18.6. The summed E-state index contributed by atoms with van der Waals surface area (Å²) in [5.41, 5.74) is 2.90. The third kappa shape index (κ3) is 4.85. The molecular formula is C23H21Cl3N4O. The standard InChI is InChI=1S/C23H21Cl3N4O/c1-2-29-9-11-30(12-10-29)23(31)22-27-14-19(15-3-5-16(24)6-4-15)21(28-22)18-8-7-17(25)13-20(18)26/h3-8,13-14H,2,9-12H2,1H3. The highest BCUT2D eigenvalue weighted by atomic mass is 35.5. The van der Waals surface area contributed by atoms with Crippen LogP contribution in [0.2, 0.25) is 15.1 Å². The molecule has 0 unspecified atom stereocenters. The molecule has 0 N–H and O–H groups in total. The molecule has 8 heteroatoms. The Labute approximate surface area is 196 Å². The van der Waals surface area contributed by atoms with Crippen molar-refractivity contribution in [3.63, 3.8) is 0 Å². The molecule has 1 saturated heterocycles. The van der Waals surface area contributed by atoms with Crippen LogP contribution in [-0.4, -0.2) is 58.4 Å². The monoisotopic (exact) mass is 474 g/mol. The molecule has 2 heterocycles. The van der Waals surface area contributed by atoms with Crippen molar-refractivity contribution in [3.05, 3.63) is 69.6 Å². The van der Waals surface area contributed by atoms with E-state index in [0.29, 0.717) is 39.4 Å². The molecular weight excluding hydrogens is 455 g/mol. The molecule has 0 spiro atoms. The molecule has 1 aliphatic rings. The third-order valence-electron chi connectivity index (χ3n) is 5.43. The molecule has 1 amide bonds. The van der Waals surface area contributed by atoms with E-state index in [4.69, 9.17) is 34.8 Å². The lowest BCUT2D eigenvalue weighted by molar-refractivity contribution is 0.0631. The number of likely N-dealkylation sites (N-methyl/N-ethyl adjacent to an activating group) is 1. The van der Waals surface area contributed by atoms with E-state index in [1.165, 1.54) is 0 Å². The molecule has 0 bridgehead atoms. The molecule has 3 aromatic rings. The van der Waals surface area contributed by atoms with Gasteiger partial charge in [0.25, 0.3) is 5.91 Å². The number of halogens is 3. The lowest BCUT2D eigenvalue weighted by Gasteiger charge is -2.33. The van der Waals surface area contributed by atoms with Crippen LogP contribution in [0.3, 0.4) is 0 Å². The number of benzene rings is 2. The molecule has 0 aliphatic carbocycles. The van der Waals surface area contributed by atoms with Crippen molar-refractivity contribution in [2.45, 2.75) is 6.92 Å². The summed E-state index contributed by atoms with van der Waals surface area (Å²) in [6, 6.07) is 12.6. The van der Waals surface area contributed by atoms with Crippen LogP contribution >= 0.6 is 34.8 Å². The SMILES string of the molecule is CCN1CCN(C(=O)c2ncc(-c3ccc(Cl)cc3)c(-c3ccc(Cl)cc3Cl)n2)CC1. The predicted molar refractivity (Wildman–Crippen MR) is 126 cm³/mol. The van der Waals surface area contributed by atoms with Crippen LogP contribution in [-0.2, 0) is 0 Å². The van der Waals surface area contributed by atoms with E-state index in [-0.39, 0.29) is 11.7 Å². The number of nitrogens with zero attached hydrogens (tertiary/aromatic N) is 4. The fraction of sp³-hybridized carbons (Fsp3) is 0.261. The van der Waals surface area contributed by atoms with E-state index in [1.54, 1.807) is 41.4 Å². The quantitative estimate of drug-likeness (QED) is 0.496. The number of rotatable bonds is 4. The fourth-order valence-electron chi connectivity index (χ4n) is 3.62. The number of piperazine rings is 1. The third-order valence-corrected chi connectivity index (χ3v) is 6.23. The summed E-state index contributed by atoms with van der Waals surface area (Å²) in [5.74, 6) is -0.0200. The minimum absolute atomic E-state index is 0.156. The number of amides is 1. The van der Waals surface area contributed by atoms with E-state index in [2.05, 4.69) is 21.8 Å². The van der Waals surface area contributed by atoms with Crippen LogP contribution in [0.4, 0.5) is 0 Å². The van der Waals surface area contributed by atoms with Gasteiger partial charge in [-0.2, -0.15) is 0 Å². The lowest BCUT2D eigenvalue weighted by Crippen LogP contribution is -2.48. The summed E-state index contributed by atoms with van der Waals surface area (Å²) in [7, 11) is 0. The minimum Gasteiger partial charge on any atom is -0.333 e. The molecule has 1 fully saturated rings. The Morgan fingerprint density at radius 2 is 1.61 bits per heavy atom. The topological polar surface area (TPSA) is 49.3 Å². The normalized spacial score (nSPS) is 14.6. The molecule has 0 radical (unpaired) electrons. The second-order valence-corrected chi connectivity index (χ2v) is 8.59. The van der Waals surface area contributed by atoms with Crippen LogP contribution < -0.4 is 0 Å². The van der Waals surface area contributed by atoms with Crippen LogP contribution in [0.5, 0.6) is 0 Å². The first kappa shape index (κ1) is 22.0. The van der Waals surface area contributed by atoms with Gasteiger partial charge in [-0.15, -0.1) is 0 Å². The van der Waals surface area contributed by atoms with Crippen molar-refractivity contribution in [2.24, 2.45) is 0 Å². The van der Waals surface area contributed by atoms with Gasteiger partial charge in [0.15, 0.2) is 0 Å². The first-order chi connectivity index (χ1) is 15.0. The maximum Gasteiger partial charge on any atom is 0.291 e. The van der Waals surface area contributed by atoms with Crippen molar-refractivity contribution in [1.82, 2.24) is 19.8 Å². The van der Waals surface area contributed by atoms with Gasteiger partial charge in [-0.25, -0.2) is 9.97 Å². The van der Waals surface area contributed by atoms with Crippen molar-refractivity contribution in [2.75, 3.05) is 32.7 Å². The Hall–Kier alpha value is -2.18. The summed E-state index contributed by atoms with van der Waals surface area (Å²) in [5, 5.41) is 1.62. The fourth-order valence-corrected chi connectivity index (χ4v) is 4.25. The van der Waals surface area contributed by atoms with Gasteiger partial charge in [0.05, 0.1) is 10.7 Å². The van der Waals surface area contributed by atoms with Crippen molar-refractivity contribution in [1.29, 1.82) is 0 Å². The highest BCUT2D eigenvalue weighted by Gasteiger charge is 2.25. The molecule has 0 saturated carbocycles. The number of carbonyl (C=O) groups excluding carboxylic acids is 1. The Morgan fingerprint density at radius 1 is 0.935 bits per heavy atom. The van der Waals surface area contributed by atoms with Crippen LogP contribution in [0.15, 0.2) is 48.7 Å². The highest BCUT2D eigenvalue weighted by Crippen LogP contribution is 2.36. The molecule has 0 atom stereocenters. The van der Waals surface area contributed by atoms with Gasteiger partial charge in [-0.1, -0.05) is 53.9 Å². The van der Waals surface area contributed by atoms with Gasteiger partial charge >= 0.3 is 0 Å². The smallest absolute Gasteiger partial charge is 0.291 e. The van der Waals surface area contributed by atoms with Gasteiger partial charge in [-0.3, -0.25) is 4.79 Å². The summed E-state index contributed by atoms with van der Waals surface area (Å²) in [4.78, 5) is 26.3. The van der Waals surface area contributed by atoms with Crippen molar-refractivity contribution < 1.29 is 4.79 Å². The van der Waals surface area contributed by atoms with Gasteiger partial charge in [0, 0.05) is 53.5 Å².